The molecular weight excluding hydrogens is 266 g/mol. The minimum absolute atomic E-state index is 0.0625. The number of hydrogen-bond acceptors (Lipinski definition) is 4. The van der Waals surface area contributed by atoms with E-state index >= 15 is 0 Å². The number of benzene rings is 1. The van der Waals surface area contributed by atoms with Gasteiger partial charge in [0.1, 0.15) is 5.75 Å². The Morgan fingerprint density at radius 2 is 2.29 bits per heavy atom. The molecule has 1 fully saturated rings. The molecule has 1 aromatic rings. The highest BCUT2D eigenvalue weighted by Gasteiger charge is 2.18. The van der Waals surface area contributed by atoms with Crippen LogP contribution in [0.5, 0.6) is 5.75 Å². The first-order valence-corrected chi connectivity index (χ1v) is 7.52. The van der Waals surface area contributed by atoms with Crippen LogP contribution >= 0.6 is 0 Å². The van der Waals surface area contributed by atoms with Gasteiger partial charge in [-0.1, -0.05) is 31.0 Å². The molecule has 21 heavy (non-hydrogen) atoms. The molecule has 0 spiro atoms. The molecule has 4 N–H and O–H groups in total. The lowest BCUT2D eigenvalue weighted by Crippen LogP contribution is -2.33. The van der Waals surface area contributed by atoms with E-state index in [0.717, 1.165) is 18.0 Å². The normalized spacial score (nSPS) is 23.0. The quantitative estimate of drug-likeness (QED) is 0.337. The van der Waals surface area contributed by atoms with Crippen LogP contribution in [0.4, 0.5) is 0 Å². The fourth-order valence-corrected chi connectivity index (χ4v) is 2.99. The van der Waals surface area contributed by atoms with Crippen LogP contribution < -0.4 is 15.8 Å². The van der Waals surface area contributed by atoms with Gasteiger partial charge < -0.3 is 21.0 Å². The summed E-state index contributed by atoms with van der Waals surface area (Å²) in [5, 5.41) is 15.4. The van der Waals surface area contributed by atoms with Gasteiger partial charge in [0.25, 0.3) is 0 Å². The maximum Gasteiger partial charge on any atom is 0.173 e. The van der Waals surface area contributed by atoms with E-state index in [2.05, 4.69) is 17.4 Å². The van der Waals surface area contributed by atoms with Crippen LogP contribution in [0.15, 0.2) is 23.4 Å². The number of oxime groups is 1. The maximum absolute atomic E-state index is 8.77. The van der Waals surface area contributed by atoms with Crippen molar-refractivity contribution in [3.8, 4) is 5.75 Å². The van der Waals surface area contributed by atoms with Crippen LogP contribution in [0.25, 0.3) is 0 Å². The summed E-state index contributed by atoms with van der Waals surface area (Å²) in [6.45, 7) is 3.13. The minimum atomic E-state index is 0.0625. The molecule has 1 aliphatic rings. The van der Waals surface area contributed by atoms with E-state index in [1.807, 2.05) is 18.2 Å². The molecule has 1 aliphatic carbocycles. The Labute approximate surface area is 126 Å². The van der Waals surface area contributed by atoms with Crippen molar-refractivity contribution >= 4 is 5.84 Å². The Bertz CT molecular complexity index is 502. The fourth-order valence-electron chi connectivity index (χ4n) is 2.99. The summed E-state index contributed by atoms with van der Waals surface area (Å²) < 4.78 is 5.32. The number of amidine groups is 1. The number of methoxy groups -OCH3 is 1. The van der Waals surface area contributed by atoms with Crippen molar-refractivity contribution in [3.05, 3.63) is 29.3 Å². The number of nitrogens with zero attached hydrogens (tertiary/aromatic N) is 1. The van der Waals surface area contributed by atoms with Crippen molar-refractivity contribution < 1.29 is 9.94 Å². The summed E-state index contributed by atoms with van der Waals surface area (Å²) >= 11 is 0. The molecule has 2 atom stereocenters. The minimum Gasteiger partial charge on any atom is -0.496 e. The van der Waals surface area contributed by atoms with Gasteiger partial charge in [0.15, 0.2) is 5.84 Å². The van der Waals surface area contributed by atoms with Gasteiger partial charge in [-0.05, 0) is 36.5 Å². The third-order valence-electron chi connectivity index (χ3n) is 4.18. The Morgan fingerprint density at radius 3 is 2.95 bits per heavy atom. The summed E-state index contributed by atoms with van der Waals surface area (Å²) in [7, 11) is 1.59. The van der Waals surface area contributed by atoms with Crippen molar-refractivity contribution in [2.45, 2.75) is 45.2 Å². The van der Waals surface area contributed by atoms with Crippen LogP contribution in [0.2, 0.25) is 0 Å². The summed E-state index contributed by atoms with van der Waals surface area (Å²) in [6, 6.07) is 6.35. The third-order valence-corrected chi connectivity index (χ3v) is 4.18. The molecule has 1 aromatic carbocycles. The molecule has 2 unspecified atom stereocenters. The second kappa shape index (κ2) is 7.31. The third kappa shape index (κ3) is 4.11. The molecule has 0 saturated heterocycles. The Balaban J connectivity index is 2.00. The van der Waals surface area contributed by atoms with Gasteiger partial charge >= 0.3 is 0 Å². The molecule has 0 radical (unpaired) electrons. The molecule has 0 heterocycles. The summed E-state index contributed by atoms with van der Waals surface area (Å²) in [4.78, 5) is 0. The molecule has 5 heteroatoms. The topological polar surface area (TPSA) is 79.9 Å². The van der Waals surface area contributed by atoms with E-state index in [1.54, 1.807) is 7.11 Å². The van der Waals surface area contributed by atoms with Crippen LogP contribution in [-0.2, 0) is 6.54 Å². The number of hydrogen-bond donors (Lipinski definition) is 3. The van der Waals surface area contributed by atoms with Gasteiger partial charge in [-0.15, -0.1) is 0 Å². The monoisotopic (exact) mass is 291 g/mol. The number of nitrogens with two attached hydrogens (primary N) is 1. The second-order valence-electron chi connectivity index (χ2n) is 5.87. The van der Waals surface area contributed by atoms with Crippen molar-refractivity contribution in [2.24, 2.45) is 16.8 Å². The van der Waals surface area contributed by atoms with Gasteiger partial charge in [-0.2, -0.15) is 0 Å². The zero-order chi connectivity index (χ0) is 15.2. The predicted octanol–water partition coefficient (Wildman–Crippen LogP) is 2.46. The van der Waals surface area contributed by atoms with Crippen molar-refractivity contribution in [3.63, 3.8) is 0 Å². The summed E-state index contributed by atoms with van der Waals surface area (Å²) in [5.41, 5.74) is 7.38. The molecule has 5 nitrogen and oxygen atoms in total. The smallest absolute Gasteiger partial charge is 0.173 e. The van der Waals surface area contributed by atoms with Crippen LogP contribution in [0, 0.1) is 5.92 Å². The van der Waals surface area contributed by atoms with E-state index in [9.17, 15) is 0 Å². The van der Waals surface area contributed by atoms with Gasteiger partial charge in [0.2, 0.25) is 0 Å². The zero-order valence-electron chi connectivity index (χ0n) is 12.8. The first-order chi connectivity index (χ1) is 10.1. The standard InChI is InChI=1S/C16H25N3O2/c1-11-4-3-5-13(8-11)18-10-12-6-7-14(16(17)19-20)15(9-12)21-2/h6-7,9,11,13,18,20H,3-5,8,10H2,1-2H3,(H2,17,19). The van der Waals surface area contributed by atoms with E-state index < -0.39 is 0 Å². The first-order valence-electron chi connectivity index (χ1n) is 7.52. The molecule has 116 valence electrons. The molecule has 0 amide bonds. The van der Waals surface area contributed by atoms with Gasteiger partial charge in [0.05, 0.1) is 12.7 Å². The maximum atomic E-state index is 8.77. The molecule has 2 rings (SSSR count). The Morgan fingerprint density at radius 1 is 1.48 bits per heavy atom. The van der Waals surface area contributed by atoms with E-state index in [4.69, 9.17) is 15.7 Å². The highest BCUT2D eigenvalue weighted by molar-refractivity contribution is 5.99. The highest BCUT2D eigenvalue weighted by Crippen LogP contribution is 2.24. The number of rotatable bonds is 5. The average molecular weight is 291 g/mol. The Hall–Kier alpha value is -1.75. The SMILES string of the molecule is COc1cc(CNC2CCCC(C)C2)ccc1/C(N)=N/O. The summed E-state index contributed by atoms with van der Waals surface area (Å²) in [5.74, 6) is 1.50. The van der Waals surface area contributed by atoms with Gasteiger partial charge in [-0.3, -0.25) is 0 Å². The van der Waals surface area contributed by atoms with E-state index in [0.29, 0.717) is 17.4 Å². The predicted molar refractivity (Wildman–Crippen MR) is 83.8 cm³/mol. The first kappa shape index (κ1) is 15.6. The average Bonchev–Trinajstić information content (AvgIpc) is 2.52. The second-order valence-corrected chi connectivity index (χ2v) is 5.87. The van der Waals surface area contributed by atoms with Crippen LogP contribution in [-0.4, -0.2) is 24.2 Å². The molecule has 0 aromatic heterocycles. The van der Waals surface area contributed by atoms with Gasteiger partial charge in [0, 0.05) is 12.6 Å². The fraction of sp³-hybridized carbons (Fsp3) is 0.562. The molecule has 0 aliphatic heterocycles. The van der Waals surface area contributed by atoms with Crippen molar-refractivity contribution in [2.75, 3.05) is 7.11 Å². The van der Waals surface area contributed by atoms with Crippen LogP contribution in [0.1, 0.15) is 43.7 Å². The largest absolute Gasteiger partial charge is 0.496 e. The highest BCUT2D eigenvalue weighted by atomic mass is 16.5. The lowest BCUT2D eigenvalue weighted by Gasteiger charge is -2.27. The van der Waals surface area contributed by atoms with Gasteiger partial charge in [-0.25, -0.2) is 0 Å². The molecule has 1 saturated carbocycles. The molecular formula is C16H25N3O2. The zero-order valence-corrected chi connectivity index (χ0v) is 12.8. The van der Waals surface area contributed by atoms with E-state index in [1.165, 1.54) is 25.7 Å². The van der Waals surface area contributed by atoms with E-state index in [-0.39, 0.29) is 5.84 Å². The summed E-state index contributed by atoms with van der Waals surface area (Å²) in [6.07, 6.45) is 5.16. The number of ether oxygens (including phenoxy) is 1. The van der Waals surface area contributed by atoms with Crippen molar-refractivity contribution in [1.29, 1.82) is 0 Å². The lowest BCUT2D eigenvalue weighted by atomic mass is 9.87. The lowest BCUT2D eigenvalue weighted by molar-refractivity contribution is 0.300. The molecule has 0 bridgehead atoms. The van der Waals surface area contributed by atoms with Crippen molar-refractivity contribution in [1.82, 2.24) is 5.32 Å². The van der Waals surface area contributed by atoms with Crippen LogP contribution in [0.3, 0.4) is 0 Å². The Kier molecular flexibility index (Phi) is 5.44. The number of nitrogens with one attached hydrogen (secondary N) is 1.